The average molecular weight is 313 g/mol. The SMILES string of the molecule is CCNS(=O)(=O)c1ccc(F)c(C(=O)N(C)CCC#N)c1. The predicted octanol–water partition coefficient (Wildman–Crippen LogP) is 1.11. The Kier molecular flexibility index (Phi) is 5.81. The van der Waals surface area contributed by atoms with Crippen LogP contribution in [-0.2, 0) is 10.0 Å². The van der Waals surface area contributed by atoms with Crippen molar-refractivity contribution in [2.24, 2.45) is 0 Å². The van der Waals surface area contributed by atoms with Crippen LogP contribution in [-0.4, -0.2) is 39.4 Å². The van der Waals surface area contributed by atoms with Gasteiger partial charge in [0.2, 0.25) is 10.0 Å². The highest BCUT2D eigenvalue weighted by Crippen LogP contribution is 2.16. The van der Waals surface area contributed by atoms with Gasteiger partial charge in [-0.2, -0.15) is 5.26 Å². The normalized spacial score (nSPS) is 11.0. The van der Waals surface area contributed by atoms with E-state index in [1.165, 1.54) is 11.9 Å². The molecule has 21 heavy (non-hydrogen) atoms. The first-order valence-electron chi connectivity index (χ1n) is 6.25. The molecule has 1 N–H and O–H groups in total. The van der Waals surface area contributed by atoms with Crippen molar-refractivity contribution in [3.05, 3.63) is 29.6 Å². The molecule has 1 amide bonds. The summed E-state index contributed by atoms with van der Waals surface area (Å²) in [4.78, 5) is 13.1. The van der Waals surface area contributed by atoms with Crippen molar-refractivity contribution >= 4 is 15.9 Å². The fourth-order valence-corrected chi connectivity index (χ4v) is 2.70. The number of halogens is 1. The summed E-state index contributed by atoms with van der Waals surface area (Å²) >= 11 is 0. The van der Waals surface area contributed by atoms with E-state index in [-0.39, 0.29) is 30.0 Å². The second kappa shape index (κ2) is 7.15. The Morgan fingerprint density at radius 3 is 2.71 bits per heavy atom. The highest BCUT2D eigenvalue weighted by Gasteiger charge is 2.20. The molecule has 8 heteroatoms. The van der Waals surface area contributed by atoms with Gasteiger partial charge in [-0.15, -0.1) is 0 Å². The first-order chi connectivity index (χ1) is 9.83. The quantitative estimate of drug-likeness (QED) is 0.852. The Balaban J connectivity index is 3.14. The lowest BCUT2D eigenvalue weighted by Crippen LogP contribution is -2.29. The molecule has 0 radical (unpaired) electrons. The minimum Gasteiger partial charge on any atom is -0.341 e. The molecule has 0 fully saturated rings. The Morgan fingerprint density at radius 2 is 2.14 bits per heavy atom. The molecule has 0 aliphatic heterocycles. The first kappa shape index (κ1) is 17.1. The lowest BCUT2D eigenvalue weighted by atomic mass is 10.2. The number of carbonyl (C=O) groups excluding carboxylic acids is 1. The van der Waals surface area contributed by atoms with Crippen LogP contribution in [0.3, 0.4) is 0 Å². The third kappa shape index (κ3) is 4.24. The molecule has 114 valence electrons. The van der Waals surface area contributed by atoms with Crippen LogP contribution >= 0.6 is 0 Å². The second-order valence-electron chi connectivity index (χ2n) is 4.28. The van der Waals surface area contributed by atoms with E-state index < -0.39 is 21.7 Å². The van der Waals surface area contributed by atoms with E-state index in [1.54, 1.807) is 6.92 Å². The maximum Gasteiger partial charge on any atom is 0.256 e. The van der Waals surface area contributed by atoms with E-state index >= 15 is 0 Å². The summed E-state index contributed by atoms with van der Waals surface area (Å²) in [7, 11) is -2.34. The van der Waals surface area contributed by atoms with E-state index in [4.69, 9.17) is 5.26 Å². The van der Waals surface area contributed by atoms with Crippen molar-refractivity contribution in [3.8, 4) is 6.07 Å². The van der Waals surface area contributed by atoms with Crippen LogP contribution in [0.4, 0.5) is 4.39 Å². The van der Waals surface area contributed by atoms with Crippen molar-refractivity contribution in [2.45, 2.75) is 18.2 Å². The topological polar surface area (TPSA) is 90.3 Å². The van der Waals surface area contributed by atoms with Gasteiger partial charge in [0.25, 0.3) is 5.91 Å². The van der Waals surface area contributed by atoms with E-state index in [0.29, 0.717) is 0 Å². The number of amides is 1. The maximum atomic E-state index is 13.7. The van der Waals surface area contributed by atoms with Gasteiger partial charge in [-0.1, -0.05) is 6.92 Å². The Labute approximate surface area is 123 Å². The summed E-state index contributed by atoms with van der Waals surface area (Å²) < 4.78 is 39.7. The van der Waals surface area contributed by atoms with Crippen LogP contribution < -0.4 is 4.72 Å². The molecule has 0 bridgehead atoms. The summed E-state index contributed by atoms with van der Waals surface area (Å²) in [6.45, 7) is 1.94. The monoisotopic (exact) mass is 313 g/mol. The Morgan fingerprint density at radius 1 is 1.48 bits per heavy atom. The van der Waals surface area contributed by atoms with Crippen LogP contribution in [0.2, 0.25) is 0 Å². The number of rotatable bonds is 6. The molecule has 6 nitrogen and oxygen atoms in total. The largest absolute Gasteiger partial charge is 0.341 e. The van der Waals surface area contributed by atoms with Crippen molar-refractivity contribution in [3.63, 3.8) is 0 Å². The van der Waals surface area contributed by atoms with Gasteiger partial charge in [-0.05, 0) is 18.2 Å². The zero-order valence-corrected chi connectivity index (χ0v) is 12.6. The molecule has 1 aromatic carbocycles. The number of sulfonamides is 1. The van der Waals surface area contributed by atoms with E-state index in [9.17, 15) is 17.6 Å². The van der Waals surface area contributed by atoms with Gasteiger partial charge in [0.1, 0.15) is 5.82 Å². The molecule has 0 aliphatic carbocycles. The molecule has 0 aromatic heterocycles. The number of carbonyl (C=O) groups is 1. The van der Waals surface area contributed by atoms with Crippen LogP contribution in [0, 0.1) is 17.1 Å². The smallest absolute Gasteiger partial charge is 0.256 e. The number of nitrogens with one attached hydrogen (secondary N) is 1. The van der Waals surface area contributed by atoms with Crippen molar-refractivity contribution in [1.82, 2.24) is 9.62 Å². The van der Waals surface area contributed by atoms with Gasteiger partial charge in [0.05, 0.1) is 22.9 Å². The molecule has 0 heterocycles. The van der Waals surface area contributed by atoms with E-state index in [1.807, 2.05) is 6.07 Å². The van der Waals surface area contributed by atoms with Crippen molar-refractivity contribution in [1.29, 1.82) is 5.26 Å². The Hall–Kier alpha value is -1.98. The van der Waals surface area contributed by atoms with Crippen LogP contribution in [0.5, 0.6) is 0 Å². The average Bonchev–Trinajstić information content (AvgIpc) is 2.44. The van der Waals surface area contributed by atoms with Crippen molar-refractivity contribution in [2.75, 3.05) is 20.1 Å². The van der Waals surface area contributed by atoms with Gasteiger partial charge in [0.15, 0.2) is 0 Å². The third-order valence-electron chi connectivity index (χ3n) is 2.72. The van der Waals surface area contributed by atoms with Gasteiger partial charge >= 0.3 is 0 Å². The van der Waals surface area contributed by atoms with Crippen LogP contribution in [0.1, 0.15) is 23.7 Å². The summed E-state index contributed by atoms with van der Waals surface area (Å²) in [5, 5.41) is 8.48. The highest BCUT2D eigenvalue weighted by molar-refractivity contribution is 7.89. The molecular formula is C13H16FN3O3S. The zero-order valence-electron chi connectivity index (χ0n) is 11.8. The zero-order chi connectivity index (χ0) is 16.0. The summed E-state index contributed by atoms with van der Waals surface area (Å²) in [5.41, 5.74) is -0.339. The lowest BCUT2D eigenvalue weighted by molar-refractivity contribution is 0.0793. The van der Waals surface area contributed by atoms with Gasteiger partial charge in [-0.25, -0.2) is 17.5 Å². The summed E-state index contributed by atoms with van der Waals surface area (Å²) in [6.07, 6.45) is 0.110. The van der Waals surface area contributed by atoms with Gasteiger partial charge in [0, 0.05) is 20.1 Å². The second-order valence-corrected chi connectivity index (χ2v) is 6.04. The Bertz CT molecular complexity index is 668. The molecule has 0 atom stereocenters. The molecule has 0 saturated carbocycles. The molecular weight excluding hydrogens is 297 g/mol. The number of nitrogens with zero attached hydrogens (tertiary/aromatic N) is 2. The van der Waals surface area contributed by atoms with Gasteiger partial charge < -0.3 is 4.90 Å². The maximum absolute atomic E-state index is 13.7. The molecule has 0 aliphatic rings. The van der Waals surface area contributed by atoms with Crippen LogP contribution in [0.15, 0.2) is 23.1 Å². The molecule has 1 aromatic rings. The molecule has 1 rings (SSSR count). The van der Waals surface area contributed by atoms with E-state index in [0.717, 1.165) is 18.2 Å². The number of nitriles is 1. The third-order valence-corrected chi connectivity index (χ3v) is 4.26. The molecule has 0 saturated heterocycles. The van der Waals surface area contributed by atoms with Gasteiger partial charge in [-0.3, -0.25) is 4.79 Å². The standard InChI is InChI=1S/C13H16FN3O3S/c1-3-16-21(19,20)10-5-6-12(14)11(9-10)13(18)17(2)8-4-7-15/h5-6,9,16H,3-4,8H2,1-2H3. The minimum atomic E-state index is -3.77. The fraction of sp³-hybridized carbons (Fsp3) is 0.385. The lowest BCUT2D eigenvalue weighted by Gasteiger charge is -2.16. The predicted molar refractivity (Wildman–Crippen MR) is 74.5 cm³/mol. The number of hydrogen-bond acceptors (Lipinski definition) is 4. The minimum absolute atomic E-state index is 0.110. The van der Waals surface area contributed by atoms with Crippen molar-refractivity contribution < 1.29 is 17.6 Å². The molecule has 0 unspecified atom stereocenters. The molecule has 0 spiro atoms. The summed E-state index contributed by atoms with van der Waals surface area (Å²) in [6, 6.07) is 4.91. The van der Waals surface area contributed by atoms with E-state index in [2.05, 4.69) is 4.72 Å². The summed E-state index contributed by atoms with van der Waals surface area (Å²) in [5.74, 6) is -1.48. The fourth-order valence-electron chi connectivity index (χ4n) is 1.63. The highest BCUT2D eigenvalue weighted by atomic mass is 32.2. The first-order valence-corrected chi connectivity index (χ1v) is 7.73. The number of hydrogen-bond donors (Lipinski definition) is 1. The number of benzene rings is 1. The van der Waals surface area contributed by atoms with Crippen LogP contribution in [0.25, 0.3) is 0 Å².